The van der Waals surface area contributed by atoms with E-state index >= 15 is 0 Å². The summed E-state index contributed by atoms with van der Waals surface area (Å²) in [5.74, 6) is -0.0982. The van der Waals surface area contributed by atoms with Crippen LogP contribution in [-0.4, -0.2) is 42.9 Å². The van der Waals surface area contributed by atoms with Gasteiger partial charge in [-0.2, -0.15) is 0 Å². The van der Waals surface area contributed by atoms with Crippen LogP contribution in [0.4, 0.5) is 0 Å². The molecule has 3 rings (SSSR count). The highest BCUT2D eigenvalue weighted by Gasteiger charge is 2.13. The predicted molar refractivity (Wildman–Crippen MR) is 104 cm³/mol. The van der Waals surface area contributed by atoms with Crippen LogP contribution < -0.4 is 5.32 Å². The molecule has 1 amide bonds. The van der Waals surface area contributed by atoms with Crippen molar-refractivity contribution in [2.75, 3.05) is 26.3 Å². The van der Waals surface area contributed by atoms with Crippen molar-refractivity contribution in [3.8, 4) is 0 Å². The van der Waals surface area contributed by atoms with Crippen molar-refractivity contribution in [3.05, 3.63) is 71.3 Å². The third-order valence-corrected chi connectivity index (χ3v) is 4.77. The normalized spacial score (nSPS) is 14.7. The van der Waals surface area contributed by atoms with Gasteiger partial charge in [-0.05, 0) is 11.1 Å². The maximum atomic E-state index is 12.2. The zero-order valence-electron chi connectivity index (χ0n) is 15.5. The van der Waals surface area contributed by atoms with E-state index in [2.05, 4.69) is 16.3 Å². The topological polar surface area (TPSA) is 58.6 Å². The summed E-state index contributed by atoms with van der Waals surface area (Å²) in [5, 5.41) is 2.95. The maximum Gasteiger partial charge on any atom is 0.220 e. The molecule has 5 heteroatoms. The molecular weight excluding hydrogens is 340 g/mol. The van der Waals surface area contributed by atoms with Gasteiger partial charge in [0.2, 0.25) is 5.91 Å². The molecule has 1 aliphatic rings. The Morgan fingerprint density at radius 2 is 1.56 bits per heavy atom. The van der Waals surface area contributed by atoms with E-state index in [9.17, 15) is 9.59 Å². The number of Topliss-reactive ketones (excluding diaryl/α,β-unsaturated/α-hetero) is 1. The summed E-state index contributed by atoms with van der Waals surface area (Å²) in [5.41, 5.74) is 2.99. The number of ether oxygens (including phenoxy) is 1. The van der Waals surface area contributed by atoms with Crippen molar-refractivity contribution < 1.29 is 14.3 Å². The summed E-state index contributed by atoms with van der Waals surface area (Å²) in [6.07, 6.45) is 0.435. The lowest BCUT2D eigenvalue weighted by Gasteiger charge is -2.27. The van der Waals surface area contributed by atoms with Crippen molar-refractivity contribution in [2.24, 2.45) is 0 Å². The molecule has 1 saturated heterocycles. The smallest absolute Gasteiger partial charge is 0.220 e. The molecule has 0 spiro atoms. The van der Waals surface area contributed by atoms with Crippen LogP contribution >= 0.6 is 0 Å². The first kappa shape index (κ1) is 19.3. The molecular formula is C22H26N2O3. The Kier molecular flexibility index (Phi) is 7.13. The molecule has 0 atom stereocenters. The highest BCUT2D eigenvalue weighted by Crippen LogP contribution is 2.13. The van der Waals surface area contributed by atoms with Gasteiger partial charge in [-0.1, -0.05) is 54.6 Å². The second-order valence-electron chi connectivity index (χ2n) is 6.72. The molecule has 0 aromatic heterocycles. The lowest BCUT2D eigenvalue weighted by molar-refractivity contribution is -0.121. The van der Waals surface area contributed by atoms with Crippen LogP contribution in [0.15, 0.2) is 54.6 Å². The summed E-state index contributed by atoms with van der Waals surface area (Å²) in [6, 6.07) is 17.3. The van der Waals surface area contributed by atoms with E-state index in [4.69, 9.17) is 4.74 Å². The summed E-state index contributed by atoms with van der Waals surface area (Å²) < 4.78 is 5.40. The number of benzene rings is 2. The number of hydrogen-bond acceptors (Lipinski definition) is 4. The van der Waals surface area contributed by atoms with E-state index in [-0.39, 0.29) is 24.5 Å². The van der Waals surface area contributed by atoms with Gasteiger partial charge < -0.3 is 10.1 Å². The monoisotopic (exact) mass is 366 g/mol. The Balaban J connectivity index is 1.48. The largest absolute Gasteiger partial charge is 0.379 e. The fraction of sp³-hybridized carbons (Fsp3) is 0.364. The van der Waals surface area contributed by atoms with Crippen LogP contribution in [0.5, 0.6) is 0 Å². The minimum atomic E-state index is -0.0968. The fourth-order valence-electron chi connectivity index (χ4n) is 3.16. The van der Waals surface area contributed by atoms with Gasteiger partial charge in [-0.3, -0.25) is 14.5 Å². The second-order valence-corrected chi connectivity index (χ2v) is 6.72. The first-order valence-electron chi connectivity index (χ1n) is 9.44. The molecule has 5 nitrogen and oxygen atoms in total. The molecule has 2 aromatic rings. The second kappa shape index (κ2) is 10.00. The van der Waals surface area contributed by atoms with Gasteiger partial charge in [0.15, 0.2) is 5.78 Å². The third-order valence-electron chi connectivity index (χ3n) is 4.77. The van der Waals surface area contributed by atoms with E-state index in [1.807, 2.05) is 36.4 Å². The zero-order chi connectivity index (χ0) is 18.9. The van der Waals surface area contributed by atoms with Crippen molar-refractivity contribution in [2.45, 2.75) is 25.9 Å². The van der Waals surface area contributed by atoms with Gasteiger partial charge in [0.05, 0.1) is 13.2 Å². The number of hydrogen-bond donors (Lipinski definition) is 1. The third kappa shape index (κ3) is 6.01. The average Bonchev–Trinajstić information content (AvgIpc) is 2.73. The van der Waals surface area contributed by atoms with Crippen molar-refractivity contribution >= 4 is 11.7 Å². The fourth-order valence-corrected chi connectivity index (χ4v) is 3.16. The first-order valence-corrected chi connectivity index (χ1v) is 9.44. The number of nitrogens with one attached hydrogen (secondary N) is 1. The van der Waals surface area contributed by atoms with E-state index in [0.717, 1.165) is 38.4 Å². The Bertz CT molecular complexity index is 755. The molecule has 1 fully saturated rings. The van der Waals surface area contributed by atoms with Crippen LogP contribution in [0.3, 0.4) is 0 Å². The summed E-state index contributed by atoms with van der Waals surface area (Å²) in [6.45, 7) is 4.76. The minimum Gasteiger partial charge on any atom is -0.379 e. The number of rotatable bonds is 8. The molecule has 0 aliphatic carbocycles. The number of morpholine rings is 1. The number of amides is 1. The highest BCUT2D eigenvalue weighted by molar-refractivity contribution is 5.97. The molecule has 142 valence electrons. The lowest BCUT2D eigenvalue weighted by atomic mass is 10.1. The predicted octanol–water partition coefficient (Wildman–Crippen LogP) is 2.80. The van der Waals surface area contributed by atoms with E-state index in [0.29, 0.717) is 12.1 Å². The van der Waals surface area contributed by atoms with Gasteiger partial charge in [0.25, 0.3) is 0 Å². The molecule has 1 aliphatic heterocycles. The maximum absolute atomic E-state index is 12.2. The number of carbonyl (C=O) groups excluding carboxylic acids is 2. The zero-order valence-corrected chi connectivity index (χ0v) is 15.5. The van der Waals surface area contributed by atoms with Crippen molar-refractivity contribution in [3.63, 3.8) is 0 Å². The van der Waals surface area contributed by atoms with Gasteiger partial charge in [0, 0.05) is 44.6 Å². The number of carbonyl (C=O) groups is 2. The molecule has 1 heterocycles. The van der Waals surface area contributed by atoms with Crippen LogP contribution in [0.1, 0.15) is 34.3 Å². The Morgan fingerprint density at radius 3 is 2.30 bits per heavy atom. The molecule has 0 unspecified atom stereocenters. The Hall–Kier alpha value is -2.50. The highest BCUT2D eigenvalue weighted by atomic mass is 16.5. The van der Waals surface area contributed by atoms with Crippen LogP contribution in [0.2, 0.25) is 0 Å². The number of ketones is 1. The molecule has 0 saturated carbocycles. The SMILES string of the molecule is O=C(CCC(=O)c1ccccc1)NCc1ccccc1CN1CCOCC1. The number of nitrogens with zero attached hydrogens (tertiary/aromatic N) is 1. The van der Waals surface area contributed by atoms with Gasteiger partial charge in [-0.25, -0.2) is 0 Å². The van der Waals surface area contributed by atoms with Crippen molar-refractivity contribution in [1.29, 1.82) is 0 Å². The summed E-state index contributed by atoms with van der Waals surface area (Å²) in [7, 11) is 0. The van der Waals surface area contributed by atoms with E-state index in [1.165, 1.54) is 5.56 Å². The van der Waals surface area contributed by atoms with E-state index < -0.39 is 0 Å². The summed E-state index contributed by atoms with van der Waals surface area (Å²) >= 11 is 0. The lowest BCUT2D eigenvalue weighted by Crippen LogP contribution is -2.36. The van der Waals surface area contributed by atoms with Crippen molar-refractivity contribution in [1.82, 2.24) is 10.2 Å². The van der Waals surface area contributed by atoms with Gasteiger partial charge >= 0.3 is 0 Å². The standard InChI is InChI=1S/C22H26N2O3/c25-21(18-6-2-1-3-7-18)10-11-22(26)23-16-19-8-4-5-9-20(19)17-24-12-14-27-15-13-24/h1-9H,10-17H2,(H,23,26). The quantitative estimate of drug-likeness (QED) is 0.730. The molecule has 0 bridgehead atoms. The summed E-state index contributed by atoms with van der Waals surface area (Å²) in [4.78, 5) is 26.6. The van der Waals surface area contributed by atoms with Crippen LogP contribution in [0.25, 0.3) is 0 Å². The Labute approximate surface area is 160 Å². The average molecular weight is 366 g/mol. The molecule has 0 radical (unpaired) electrons. The van der Waals surface area contributed by atoms with Gasteiger partial charge in [0.1, 0.15) is 0 Å². The van der Waals surface area contributed by atoms with Crippen LogP contribution in [-0.2, 0) is 22.6 Å². The van der Waals surface area contributed by atoms with Crippen LogP contribution in [0, 0.1) is 0 Å². The van der Waals surface area contributed by atoms with E-state index in [1.54, 1.807) is 12.1 Å². The minimum absolute atomic E-state index is 0.00142. The molecule has 2 aromatic carbocycles. The molecule has 27 heavy (non-hydrogen) atoms. The Morgan fingerprint density at radius 1 is 0.889 bits per heavy atom. The first-order chi connectivity index (χ1) is 13.2. The van der Waals surface area contributed by atoms with Gasteiger partial charge in [-0.15, -0.1) is 0 Å². The molecule has 1 N–H and O–H groups in total.